The van der Waals surface area contributed by atoms with Crippen molar-refractivity contribution in [2.75, 3.05) is 6.54 Å². The quantitative estimate of drug-likeness (QED) is 0.710. The van der Waals surface area contributed by atoms with Gasteiger partial charge in [-0.25, -0.2) is 10.5 Å². The van der Waals surface area contributed by atoms with Crippen molar-refractivity contribution in [2.24, 2.45) is 0 Å². The van der Waals surface area contributed by atoms with Crippen molar-refractivity contribution >= 4 is 6.03 Å². The molecule has 1 radical (unpaired) electrons. The van der Waals surface area contributed by atoms with Crippen LogP contribution in [0.25, 0.3) is 0 Å². The van der Waals surface area contributed by atoms with Crippen molar-refractivity contribution in [3.8, 4) is 5.75 Å². The number of ether oxygens (including phenoxy) is 1. The van der Waals surface area contributed by atoms with E-state index in [4.69, 9.17) is 10.5 Å². The first-order valence-electron chi connectivity index (χ1n) is 4.89. The van der Waals surface area contributed by atoms with Crippen molar-refractivity contribution in [3.63, 3.8) is 0 Å². The minimum absolute atomic E-state index is 0.414. The van der Waals surface area contributed by atoms with E-state index < -0.39 is 12.3 Å². The number of para-hydroxylation sites is 1. The van der Waals surface area contributed by atoms with Gasteiger partial charge in [0.25, 0.3) is 0 Å². The molecule has 0 aliphatic heterocycles. The molecule has 15 heavy (non-hydrogen) atoms. The molecule has 0 fully saturated rings. The van der Waals surface area contributed by atoms with E-state index in [9.17, 15) is 4.79 Å². The minimum Gasteiger partial charge on any atom is -0.471 e. The summed E-state index contributed by atoms with van der Waals surface area (Å²) in [6.45, 7) is 4.04. The molecular formula is C11H15N2O2. The molecule has 4 heteroatoms. The lowest BCUT2D eigenvalue weighted by Gasteiger charge is -2.26. The first-order chi connectivity index (χ1) is 7.15. The van der Waals surface area contributed by atoms with Gasteiger partial charge in [-0.1, -0.05) is 18.2 Å². The van der Waals surface area contributed by atoms with Crippen LogP contribution in [0, 0.1) is 0 Å². The zero-order valence-electron chi connectivity index (χ0n) is 8.93. The highest BCUT2D eigenvalue weighted by atomic mass is 16.5. The van der Waals surface area contributed by atoms with Gasteiger partial charge in [0.2, 0.25) is 0 Å². The summed E-state index contributed by atoms with van der Waals surface area (Å²) >= 11 is 0. The van der Waals surface area contributed by atoms with E-state index in [0.717, 1.165) is 0 Å². The first kappa shape index (κ1) is 11.4. The molecule has 4 nitrogen and oxygen atoms in total. The Bertz CT molecular complexity index is 314. The molecule has 1 rings (SSSR count). The number of hydrogen-bond acceptors (Lipinski definition) is 2. The van der Waals surface area contributed by atoms with E-state index in [2.05, 4.69) is 0 Å². The maximum absolute atomic E-state index is 10.9. The smallest absolute Gasteiger partial charge is 0.339 e. The normalized spacial score (nSPS) is 11.9. The van der Waals surface area contributed by atoms with Gasteiger partial charge < -0.3 is 4.74 Å². The number of carbonyl (C=O) groups is 1. The zero-order valence-corrected chi connectivity index (χ0v) is 8.93. The average molecular weight is 207 g/mol. The van der Waals surface area contributed by atoms with Gasteiger partial charge in [0.1, 0.15) is 5.75 Å². The lowest BCUT2D eigenvalue weighted by Crippen LogP contribution is -2.41. The number of urea groups is 1. The van der Waals surface area contributed by atoms with E-state index in [0.29, 0.717) is 12.3 Å². The Morgan fingerprint density at radius 1 is 1.47 bits per heavy atom. The van der Waals surface area contributed by atoms with Crippen molar-refractivity contribution in [1.82, 2.24) is 10.6 Å². The van der Waals surface area contributed by atoms with Crippen LogP contribution in [-0.4, -0.2) is 23.7 Å². The number of hydrogen-bond donors (Lipinski definition) is 0. The van der Waals surface area contributed by atoms with Crippen LogP contribution in [0.3, 0.4) is 0 Å². The maximum Gasteiger partial charge on any atom is 0.339 e. The SMILES string of the molecule is CCN(C([NH])=O)C(C)Oc1ccccc1. The maximum atomic E-state index is 10.9. The summed E-state index contributed by atoms with van der Waals surface area (Å²) in [5.74, 6) is 0.699. The second-order valence-corrected chi connectivity index (χ2v) is 3.12. The second kappa shape index (κ2) is 5.24. The molecule has 0 heterocycles. The summed E-state index contributed by atoms with van der Waals surface area (Å²) in [6, 6.07) is 8.53. The fraction of sp³-hybridized carbons (Fsp3) is 0.364. The average Bonchev–Trinajstić information content (AvgIpc) is 2.19. The molecule has 1 atom stereocenters. The molecule has 0 saturated carbocycles. The molecule has 0 spiro atoms. The highest BCUT2D eigenvalue weighted by molar-refractivity contribution is 5.71. The van der Waals surface area contributed by atoms with Crippen molar-refractivity contribution in [3.05, 3.63) is 30.3 Å². The largest absolute Gasteiger partial charge is 0.471 e. The minimum atomic E-state index is -0.721. The third-order valence-electron chi connectivity index (χ3n) is 2.09. The van der Waals surface area contributed by atoms with Gasteiger partial charge in [0, 0.05) is 6.54 Å². The van der Waals surface area contributed by atoms with Crippen LogP contribution in [0.4, 0.5) is 4.79 Å². The topological polar surface area (TPSA) is 53.3 Å². The molecule has 0 aliphatic rings. The zero-order chi connectivity index (χ0) is 11.3. The third-order valence-corrected chi connectivity index (χ3v) is 2.09. The van der Waals surface area contributed by atoms with Gasteiger partial charge in [0.15, 0.2) is 6.23 Å². The second-order valence-electron chi connectivity index (χ2n) is 3.12. The molecule has 1 unspecified atom stereocenters. The summed E-state index contributed by atoms with van der Waals surface area (Å²) in [5.41, 5.74) is 7.04. The molecule has 2 amide bonds. The van der Waals surface area contributed by atoms with Gasteiger partial charge in [-0.15, -0.1) is 0 Å². The van der Waals surface area contributed by atoms with E-state index >= 15 is 0 Å². The Balaban J connectivity index is 2.62. The number of benzene rings is 1. The summed E-state index contributed by atoms with van der Waals surface area (Å²) in [4.78, 5) is 12.3. The fourth-order valence-electron chi connectivity index (χ4n) is 1.33. The van der Waals surface area contributed by atoms with Gasteiger partial charge in [-0.3, -0.25) is 4.90 Å². The van der Waals surface area contributed by atoms with Crippen molar-refractivity contribution < 1.29 is 9.53 Å². The Morgan fingerprint density at radius 3 is 2.53 bits per heavy atom. The van der Waals surface area contributed by atoms with Crippen LogP contribution in [0.2, 0.25) is 0 Å². The molecule has 1 N–H and O–H groups in total. The number of nitrogens with zero attached hydrogens (tertiary/aromatic N) is 1. The van der Waals surface area contributed by atoms with Crippen LogP contribution in [-0.2, 0) is 0 Å². The Kier molecular flexibility index (Phi) is 3.97. The van der Waals surface area contributed by atoms with Crippen LogP contribution in [0.1, 0.15) is 13.8 Å². The van der Waals surface area contributed by atoms with Crippen molar-refractivity contribution in [2.45, 2.75) is 20.1 Å². The lowest BCUT2D eigenvalue weighted by atomic mass is 10.3. The standard InChI is InChI=1S/C11H15N2O2/c1-3-13(11(12)14)9(2)15-10-7-5-4-6-8-10/h4-9,12H,3H2,1-2H3. The summed E-state index contributed by atoms with van der Waals surface area (Å²) in [6.07, 6.45) is -0.414. The van der Waals surface area contributed by atoms with Crippen LogP contribution in [0.5, 0.6) is 5.75 Å². The summed E-state index contributed by atoms with van der Waals surface area (Å²) < 4.78 is 5.51. The van der Waals surface area contributed by atoms with E-state index in [1.807, 2.05) is 37.3 Å². The molecule has 81 valence electrons. The highest BCUT2D eigenvalue weighted by Gasteiger charge is 2.17. The number of nitrogens with one attached hydrogen (secondary N) is 1. The molecule has 1 aromatic carbocycles. The predicted molar refractivity (Wildman–Crippen MR) is 57.4 cm³/mol. The first-order valence-corrected chi connectivity index (χ1v) is 4.89. The third kappa shape index (κ3) is 3.16. The van der Waals surface area contributed by atoms with Crippen molar-refractivity contribution in [1.29, 1.82) is 0 Å². The highest BCUT2D eigenvalue weighted by Crippen LogP contribution is 2.12. The number of amides is 2. The number of carbonyl (C=O) groups excluding carboxylic acids is 1. The van der Waals surface area contributed by atoms with E-state index in [1.165, 1.54) is 4.90 Å². The lowest BCUT2D eigenvalue weighted by molar-refractivity contribution is 0.0719. The van der Waals surface area contributed by atoms with Crippen LogP contribution in [0.15, 0.2) is 30.3 Å². The number of rotatable bonds is 4. The molecule has 0 bridgehead atoms. The molecule has 1 aromatic rings. The van der Waals surface area contributed by atoms with Gasteiger partial charge >= 0.3 is 6.03 Å². The Morgan fingerprint density at radius 2 is 2.07 bits per heavy atom. The van der Waals surface area contributed by atoms with Gasteiger partial charge in [-0.05, 0) is 26.0 Å². The molecular weight excluding hydrogens is 192 g/mol. The molecule has 0 aliphatic carbocycles. The van der Waals surface area contributed by atoms with E-state index in [-0.39, 0.29) is 0 Å². The van der Waals surface area contributed by atoms with Crippen LogP contribution >= 0.6 is 0 Å². The molecule has 0 aromatic heterocycles. The Hall–Kier alpha value is -1.71. The summed E-state index contributed by atoms with van der Waals surface area (Å²) in [5, 5.41) is 0. The predicted octanol–water partition coefficient (Wildman–Crippen LogP) is 2.14. The molecule has 0 saturated heterocycles. The summed E-state index contributed by atoms with van der Waals surface area (Å²) in [7, 11) is 0. The van der Waals surface area contributed by atoms with Crippen LogP contribution < -0.4 is 10.5 Å². The van der Waals surface area contributed by atoms with Gasteiger partial charge in [0.05, 0.1) is 0 Å². The fourth-order valence-corrected chi connectivity index (χ4v) is 1.33. The Labute approximate surface area is 89.6 Å². The monoisotopic (exact) mass is 207 g/mol. The van der Waals surface area contributed by atoms with E-state index in [1.54, 1.807) is 6.92 Å². The van der Waals surface area contributed by atoms with Gasteiger partial charge in [-0.2, -0.15) is 0 Å².